The number of nitrogens with zero attached hydrogens (tertiary/aromatic N) is 5. The van der Waals surface area contributed by atoms with Crippen LogP contribution in [0.15, 0.2) is 60.2 Å². The molecule has 1 aliphatic rings. The number of piperazine rings is 1. The van der Waals surface area contributed by atoms with Crippen molar-refractivity contribution in [3.05, 3.63) is 60.2 Å². The molecule has 0 bridgehead atoms. The molecular weight excluding hydrogens is 428 g/mol. The topological polar surface area (TPSA) is 57.2 Å². The van der Waals surface area contributed by atoms with Crippen molar-refractivity contribution >= 4 is 27.4 Å². The van der Waals surface area contributed by atoms with E-state index in [9.17, 15) is 0 Å². The minimum Gasteiger partial charge on any atom is -0.368 e. The first-order valence-corrected chi connectivity index (χ1v) is 12.6. The first-order valence-electron chi connectivity index (χ1n) is 11.7. The minimum absolute atomic E-state index is 0.426. The largest absolute Gasteiger partial charge is 0.368 e. The lowest BCUT2D eigenvalue weighted by Crippen LogP contribution is -2.51. The molecule has 1 fully saturated rings. The van der Waals surface area contributed by atoms with Crippen LogP contribution in [0.1, 0.15) is 13.8 Å². The number of hydrogen-bond donors (Lipinski definition) is 1. The number of fused-ring (bicyclic) bond motifs is 1. The minimum atomic E-state index is 0.426. The van der Waals surface area contributed by atoms with E-state index in [4.69, 9.17) is 9.97 Å². The van der Waals surface area contributed by atoms with E-state index in [-0.39, 0.29) is 0 Å². The molecule has 0 aliphatic carbocycles. The highest BCUT2D eigenvalue weighted by molar-refractivity contribution is 7.17. The quantitative estimate of drug-likeness (QED) is 0.427. The number of thiophene rings is 1. The Labute approximate surface area is 199 Å². The highest BCUT2D eigenvalue weighted by Crippen LogP contribution is 2.38. The summed E-state index contributed by atoms with van der Waals surface area (Å²) in [5, 5.41) is 6.99. The van der Waals surface area contributed by atoms with Crippen LogP contribution in [0, 0.1) is 0 Å². The molecule has 7 heteroatoms. The Balaban J connectivity index is 1.46. The summed E-state index contributed by atoms with van der Waals surface area (Å²) in [5.74, 6) is 1.61. The van der Waals surface area contributed by atoms with Crippen molar-refractivity contribution in [2.24, 2.45) is 0 Å². The summed E-state index contributed by atoms with van der Waals surface area (Å²) in [6, 6.07) is 14.9. The number of aromatic nitrogens is 3. The smallest absolute Gasteiger partial charge is 0.164 e. The normalized spacial score (nSPS) is 16.2. The zero-order valence-corrected chi connectivity index (χ0v) is 20.1. The molecular formula is C26H30N6S. The number of pyridine rings is 1. The Bertz CT molecular complexity index is 1190. The summed E-state index contributed by atoms with van der Waals surface area (Å²) in [4.78, 5) is 20.2. The average molecular weight is 459 g/mol. The van der Waals surface area contributed by atoms with Crippen LogP contribution in [0.4, 0.5) is 5.82 Å². The van der Waals surface area contributed by atoms with Gasteiger partial charge in [-0.25, -0.2) is 9.97 Å². The van der Waals surface area contributed by atoms with E-state index in [1.54, 1.807) is 17.5 Å². The fourth-order valence-electron chi connectivity index (χ4n) is 4.42. The molecule has 1 atom stereocenters. The molecule has 170 valence electrons. The summed E-state index contributed by atoms with van der Waals surface area (Å²) < 4.78 is 0. The van der Waals surface area contributed by atoms with E-state index in [0.717, 1.165) is 60.9 Å². The first kappa shape index (κ1) is 21.9. The standard InChI is InChI=1S/C26H30N6S/c1-3-31-12-14-32(15-13-31)19(2)16-28-25-23-22(20-8-5-4-6-9-20)18-33-26(23)30-24(29-25)21-10-7-11-27-17-21/h4-11,17-19H,3,12-16H2,1-2H3,(H,28,29,30)/t19-/m0/s1. The third-order valence-electron chi connectivity index (χ3n) is 6.48. The van der Waals surface area contributed by atoms with Gasteiger partial charge in [0.05, 0.1) is 5.39 Å². The maximum Gasteiger partial charge on any atom is 0.164 e. The van der Waals surface area contributed by atoms with E-state index < -0.39 is 0 Å². The van der Waals surface area contributed by atoms with Crippen molar-refractivity contribution in [2.75, 3.05) is 44.6 Å². The lowest BCUT2D eigenvalue weighted by atomic mass is 10.1. The maximum atomic E-state index is 4.99. The second kappa shape index (κ2) is 9.95. The van der Waals surface area contributed by atoms with Gasteiger partial charge >= 0.3 is 0 Å². The van der Waals surface area contributed by atoms with Gasteiger partial charge in [0.15, 0.2) is 5.82 Å². The maximum absolute atomic E-state index is 4.99. The second-order valence-corrected chi connectivity index (χ2v) is 9.39. The van der Waals surface area contributed by atoms with Crippen LogP contribution in [0.3, 0.4) is 0 Å². The van der Waals surface area contributed by atoms with Crippen molar-refractivity contribution < 1.29 is 0 Å². The molecule has 1 saturated heterocycles. The van der Waals surface area contributed by atoms with Gasteiger partial charge in [-0.2, -0.15) is 0 Å². The molecule has 4 aromatic rings. The summed E-state index contributed by atoms with van der Waals surface area (Å²) in [6.45, 7) is 11.0. The lowest BCUT2D eigenvalue weighted by Gasteiger charge is -2.37. The third-order valence-corrected chi connectivity index (χ3v) is 7.35. The molecule has 3 aromatic heterocycles. The van der Waals surface area contributed by atoms with Gasteiger partial charge < -0.3 is 10.2 Å². The Hall–Kier alpha value is -2.87. The zero-order valence-electron chi connectivity index (χ0n) is 19.2. The molecule has 1 aliphatic heterocycles. The van der Waals surface area contributed by atoms with Crippen LogP contribution in [-0.4, -0.2) is 70.1 Å². The van der Waals surface area contributed by atoms with Crippen LogP contribution in [0.25, 0.3) is 32.7 Å². The fourth-order valence-corrected chi connectivity index (χ4v) is 5.36. The van der Waals surface area contributed by atoms with E-state index >= 15 is 0 Å². The molecule has 0 radical (unpaired) electrons. The van der Waals surface area contributed by atoms with E-state index in [1.807, 2.05) is 24.4 Å². The highest BCUT2D eigenvalue weighted by Gasteiger charge is 2.21. The number of nitrogens with one attached hydrogen (secondary N) is 1. The van der Waals surface area contributed by atoms with E-state index in [2.05, 4.69) is 63.6 Å². The molecule has 0 unspecified atom stereocenters. The van der Waals surface area contributed by atoms with Crippen LogP contribution in [-0.2, 0) is 0 Å². The molecule has 0 saturated carbocycles. The molecule has 1 N–H and O–H groups in total. The van der Waals surface area contributed by atoms with Crippen LogP contribution in [0.2, 0.25) is 0 Å². The van der Waals surface area contributed by atoms with Gasteiger partial charge in [-0.15, -0.1) is 11.3 Å². The van der Waals surface area contributed by atoms with Crippen molar-refractivity contribution in [3.8, 4) is 22.5 Å². The van der Waals surface area contributed by atoms with Gasteiger partial charge in [-0.05, 0) is 31.2 Å². The number of likely N-dealkylation sites (N-methyl/N-ethyl adjacent to an activating group) is 1. The van der Waals surface area contributed by atoms with Gasteiger partial charge in [0.1, 0.15) is 10.6 Å². The average Bonchev–Trinajstić information content (AvgIpc) is 3.32. The molecule has 6 nitrogen and oxygen atoms in total. The molecule has 0 amide bonds. The van der Waals surface area contributed by atoms with Crippen molar-refractivity contribution in [3.63, 3.8) is 0 Å². The third kappa shape index (κ3) is 4.76. The van der Waals surface area contributed by atoms with Gasteiger partial charge in [-0.3, -0.25) is 9.88 Å². The van der Waals surface area contributed by atoms with Gasteiger partial charge in [0.2, 0.25) is 0 Å². The van der Waals surface area contributed by atoms with Crippen molar-refractivity contribution in [2.45, 2.75) is 19.9 Å². The Morgan fingerprint density at radius 1 is 1.00 bits per heavy atom. The molecule has 0 spiro atoms. The Morgan fingerprint density at radius 3 is 2.52 bits per heavy atom. The first-order chi connectivity index (χ1) is 16.2. The molecule has 1 aromatic carbocycles. The fraction of sp³-hybridized carbons (Fsp3) is 0.346. The summed E-state index contributed by atoms with van der Waals surface area (Å²) in [5.41, 5.74) is 3.30. The predicted octanol–water partition coefficient (Wildman–Crippen LogP) is 4.86. The second-order valence-electron chi connectivity index (χ2n) is 8.53. The van der Waals surface area contributed by atoms with Gasteiger partial charge in [0, 0.05) is 67.7 Å². The number of rotatable bonds is 7. The highest BCUT2D eigenvalue weighted by atomic mass is 32.1. The van der Waals surface area contributed by atoms with Gasteiger partial charge in [-0.1, -0.05) is 37.3 Å². The van der Waals surface area contributed by atoms with Gasteiger partial charge in [0.25, 0.3) is 0 Å². The Morgan fingerprint density at radius 2 is 1.79 bits per heavy atom. The summed E-state index contributed by atoms with van der Waals surface area (Å²) in [7, 11) is 0. The van der Waals surface area contributed by atoms with Crippen molar-refractivity contribution in [1.29, 1.82) is 0 Å². The molecule has 5 rings (SSSR count). The molecule has 33 heavy (non-hydrogen) atoms. The summed E-state index contributed by atoms with van der Waals surface area (Å²) >= 11 is 1.67. The predicted molar refractivity (Wildman–Crippen MR) is 138 cm³/mol. The number of benzene rings is 1. The van der Waals surface area contributed by atoms with Crippen LogP contribution >= 0.6 is 11.3 Å². The van der Waals surface area contributed by atoms with E-state index in [1.165, 1.54) is 11.1 Å². The molecule has 4 heterocycles. The van der Waals surface area contributed by atoms with Crippen LogP contribution < -0.4 is 5.32 Å². The number of anilines is 1. The Kier molecular flexibility index (Phi) is 6.62. The van der Waals surface area contributed by atoms with E-state index in [0.29, 0.717) is 11.9 Å². The zero-order chi connectivity index (χ0) is 22.6. The van der Waals surface area contributed by atoms with Crippen LogP contribution in [0.5, 0.6) is 0 Å². The summed E-state index contributed by atoms with van der Waals surface area (Å²) in [6.07, 6.45) is 3.60. The monoisotopic (exact) mass is 458 g/mol. The number of hydrogen-bond acceptors (Lipinski definition) is 7. The SMILES string of the molecule is CCN1CCN([C@@H](C)CNc2nc(-c3cccnc3)nc3scc(-c4ccccc4)c23)CC1. The lowest BCUT2D eigenvalue weighted by molar-refractivity contribution is 0.110. The van der Waals surface area contributed by atoms with Crippen molar-refractivity contribution in [1.82, 2.24) is 24.8 Å².